The molecule has 2 rings (SSSR count). The van der Waals surface area contributed by atoms with Gasteiger partial charge in [-0.05, 0) is 19.3 Å². The minimum absolute atomic E-state index is 0.471. The predicted molar refractivity (Wildman–Crippen MR) is 72.2 cm³/mol. The van der Waals surface area contributed by atoms with Crippen LogP contribution in [0.15, 0.2) is 0 Å². The molecule has 0 bridgehead atoms. The first-order valence-corrected chi connectivity index (χ1v) is 6.97. The first kappa shape index (κ1) is 12.5. The Hall–Kier alpha value is -0.990. The van der Waals surface area contributed by atoms with Crippen molar-refractivity contribution in [1.29, 1.82) is 0 Å². The lowest BCUT2D eigenvalue weighted by Crippen LogP contribution is -2.11. The van der Waals surface area contributed by atoms with Crippen LogP contribution >= 0.6 is 0 Å². The highest BCUT2D eigenvalue weighted by Crippen LogP contribution is 2.35. The van der Waals surface area contributed by atoms with Crippen molar-refractivity contribution in [2.75, 3.05) is 5.73 Å². The molecule has 0 spiro atoms. The molecule has 1 saturated carbocycles. The number of rotatable bonds is 3. The van der Waals surface area contributed by atoms with Crippen LogP contribution in [-0.2, 0) is 7.05 Å². The summed E-state index contributed by atoms with van der Waals surface area (Å²) in [6.45, 7) is 4.41. The van der Waals surface area contributed by atoms with E-state index in [0.717, 1.165) is 17.9 Å². The minimum atomic E-state index is 0.471. The third-order valence-corrected chi connectivity index (χ3v) is 4.25. The molecule has 1 unspecified atom stereocenters. The lowest BCUT2D eigenvalue weighted by Gasteiger charge is -2.21. The van der Waals surface area contributed by atoms with Crippen molar-refractivity contribution in [3.05, 3.63) is 11.5 Å². The molecule has 1 atom stereocenters. The second-order valence-electron chi connectivity index (χ2n) is 5.44. The molecular formula is C14H25N3. The summed E-state index contributed by atoms with van der Waals surface area (Å²) in [5, 5.41) is 0. The van der Waals surface area contributed by atoms with Crippen LogP contribution in [0.5, 0.6) is 0 Å². The van der Waals surface area contributed by atoms with Crippen molar-refractivity contribution in [2.45, 2.75) is 64.2 Å². The molecular weight excluding hydrogens is 210 g/mol. The summed E-state index contributed by atoms with van der Waals surface area (Å²) < 4.78 is 2.12. The van der Waals surface area contributed by atoms with Gasteiger partial charge in [-0.15, -0.1) is 0 Å². The lowest BCUT2D eigenvalue weighted by atomic mass is 9.89. The highest BCUT2D eigenvalue weighted by atomic mass is 15.1. The molecule has 96 valence electrons. The Morgan fingerprint density at radius 2 is 2.00 bits per heavy atom. The zero-order chi connectivity index (χ0) is 12.4. The lowest BCUT2D eigenvalue weighted by molar-refractivity contribution is 0.421. The van der Waals surface area contributed by atoms with Crippen molar-refractivity contribution in [3.63, 3.8) is 0 Å². The van der Waals surface area contributed by atoms with Gasteiger partial charge in [0.15, 0.2) is 0 Å². The number of nitrogens with two attached hydrogens (primary N) is 1. The molecule has 1 aromatic heterocycles. The molecule has 0 radical (unpaired) electrons. The van der Waals surface area contributed by atoms with Crippen molar-refractivity contribution in [2.24, 2.45) is 7.05 Å². The minimum Gasteiger partial charge on any atom is -0.384 e. The largest absolute Gasteiger partial charge is 0.384 e. The van der Waals surface area contributed by atoms with Crippen LogP contribution in [0.25, 0.3) is 0 Å². The van der Waals surface area contributed by atoms with Crippen molar-refractivity contribution < 1.29 is 0 Å². The van der Waals surface area contributed by atoms with Crippen LogP contribution in [0.3, 0.4) is 0 Å². The van der Waals surface area contributed by atoms with Gasteiger partial charge < -0.3 is 10.3 Å². The smallest absolute Gasteiger partial charge is 0.126 e. The number of nitrogens with zero attached hydrogens (tertiary/aromatic N) is 2. The van der Waals surface area contributed by atoms with Crippen LogP contribution in [0, 0.1) is 0 Å². The summed E-state index contributed by atoms with van der Waals surface area (Å²) in [4.78, 5) is 4.84. The summed E-state index contributed by atoms with van der Waals surface area (Å²) in [7, 11) is 2.07. The summed E-state index contributed by atoms with van der Waals surface area (Å²) >= 11 is 0. The monoisotopic (exact) mass is 235 g/mol. The second-order valence-corrected chi connectivity index (χ2v) is 5.44. The van der Waals surface area contributed by atoms with Crippen LogP contribution in [0.1, 0.15) is 75.7 Å². The van der Waals surface area contributed by atoms with E-state index in [2.05, 4.69) is 25.5 Å². The average Bonchev–Trinajstić information content (AvgIpc) is 2.67. The van der Waals surface area contributed by atoms with E-state index in [0.29, 0.717) is 11.8 Å². The Morgan fingerprint density at radius 3 is 2.59 bits per heavy atom. The van der Waals surface area contributed by atoms with E-state index in [9.17, 15) is 0 Å². The summed E-state index contributed by atoms with van der Waals surface area (Å²) in [6, 6.07) is 0. The van der Waals surface area contributed by atoms with E-state index in [1.165, 1.54) is 37.9 Å². The highest BCUT2D eigenvalue weighted by molar-refractivity contribution is 5.40. The third kappa shape index (κ3) is 2.33. The van der Waals surface area contributed by atoms with Gasteiger partial charge in [-0.3, -0.25) is 0 Å². The van der Waals surface area contributed by atoms with Crippen LogP contribution < -0.4 is 5.73 Å². The fraction of sp³-hybridized carbons (Fsp3) is 0.786. The topological polar surface area (TPSA) is 43.8 Å². The quantitative estimate of drug-likeness (QED) is 0.870. The summed E-state index contributed by atoms with van der Waals surface area (Å²) in [5.74, 6) is 3.20. The maximum absolute atomic E-state index is 6.19. The molecule has 1 heterocycles. The van der Waals surface area contributed by atoms with Gasteiger partial charge in [0.25, 0.3) is 0 Å². The van der Waals surface area contributed by atoms with Gasteiger partial charge in [0.2, 0.25) is 0 Å². The normalized spacial score (nSPS) is 19.5. The number of hydrogen-bond acceptors (Lipinski definition) is 2. The number of aromatic nitrogens is 2. The van der Waals surface area contributed by atoms with Crippen molar-refractivity contribution >= 4 is 5.82 Å². The fourth-order valence-corrected chi connectivity index (χ4v) is 2.83. The molecule has 1 aliphatic rings. The molecule has 1 fully saturated rings. The standard InChI is InChI=1S/C14H25N3/c1-4-10(2)12-13(15)17(3)14(16-12)11-8-6-5-7-9-11/h10-11H,4-9,15H2,1-3H3. The molecule has 3 heteroatoms. The zero-order valence-electron chi connectivity index (χ0n) is 11.4. The molecule has 1 aliphatic carbocycles. The van der Waals surface area contributed by atoms with Crippen LogP contribution in [0.4, 0.5) is 5.82 Å². The average molecular weight is 235 g/mol. The van der Waals surface area contributed by atoms with Gasteiger partial charge in [0, 0.05) is 18.9 Å². The van der Waals surface area contributed by atoms with E-state index in [1.54, 1.807) is 0 Å². The van der Waals surface area contributed by atoms with Crippen molar-refractivity contribution in [3.8, 4) is 0 Å². The van der Waals surface area contributed by atoms with Crippen LogP contribution in [-0.4, -0.2) is 9.55 Å². The van der Waals surface area contributed by atoms with Gasteiger partial charge in [-0.25, -0.2) is 4.98 Å². The highest BCUT2D eigenvalue weighted by Gasteiger charge is 2.24. The molecule has 0 saturated heterocycles. The zero-order valence-corrected chi connectivity index (χ0v) is 11.4. The first-order chi connectivity index (χ1) is 8.15. The molecule has 17 heavy (non-hydrogen) atoms. The predicted octanol–water partition coefficient (Wildman–Crippen LogP) is 3.56. The maximum atomic E-state index is 6.19. The molecule has 1 aromatic rings. The Labute approximate surface area is 104 Å². The Kier molecular flexibility index (Phi) is 3.75. The molecule has 0 aliphatic heterocycles. The second kappa shape index (κ2) is 5.11. The SMILES string of the molecule is CCC(C)c1nc(C2CCCCC2)n(C)c1N. The van der Waals surface area contributed by atoms with E-state index < -0.39 is 0 Å². The van der Waals surface area contributed by atoms with E-state index >= 15 is 0 Å². The summed E-state index contributed by atoms with van der Waals surface area (Å²) in [5.41, 5.74) is 7.29. The van der Waals surface area contributed by atoms with Gasteiger partial charge in [-0.1, -0.05) is 33.1 Å². The Bertz CT molecular complexity index is 375. The number of nitrogen functional groups attached to an aromatic ring is 1. The molecule has 3 nitrogen and oxygen atoms in total. The summed E-state index contributed by atoms with van der Waals surface area (Å²) in [6.07, 6.45) is 7.74. The van der Waals surface area contributed by atoms with Gasteiger partial charge in [0.05, 0.1) is 5.69 Å². The Balaban J connectivity index is 2.28. The maximum Gasteiger partial charge on any atom is 0.126 e. The van der Waals surface area contributed by atoms with Gasteiger partial charge in [0.1, 0.15) is 11.6 Å². The number of anilines is 1. The number of hydrogen-bond donors (Lipinski definition) is 1. The van der Waals surface area contributed by atoms with Gasteiger partial charge >= 0.3 is 0 Å². The fourth-order valence-electron chi connectivity index (χ4n) is 2.83. The van der Waals surface area contributed by atoms with E-state index in [-0.39, 0.29) is 0 Å². The first-order valence-electron chi connectivity index (χ1n) is 6.97. The van der Waals surface area contributed by atoms with Gasteiger partial charge in [-0.2, -0.15) is 0 Å². The Morgan fingerprint density at radius 1 is 1.35 bits per heavy atom. The molecule has 0 amide bonds. The van der Waals surface area contributed by atoms with Crippen LogP contribution in [0.2, 0.25) is 0 Å². The number of imidazole rings is 1. The van der Waals surface area contributed by atoms with E-state index in [4.69, 9.17) is 10.7 Å². The van der Waals surface area contributed by atoms with Crippen molar-refractivity contribution in [1.82, 2.24) is 9.55 Å². The van der Waals surface area contributed by atoms with E-state index in [1.807, 2.05) is 0 Å². The molecule has 0 aromatic carbocycles. The third-order valence-electron chi connectivity index (χ3n) is 4.25. The molecule has 2 N–H and O–H groups in total.